The number of carbonyl (C=O) groups is 2. The van der Waals surface area contributed by atoms with Crippen LogP contribution in [-0.2, 0) is 4.74 Å². The van der Waals surface area contributed by atoms with Crippen molar-refractivity contribution >= 4 is 28.6 Å². The van der Waals surface area contributed by atoms with Crippen LogP contribution in [0, 0.1) is 5.92 Å². The molecule has 2 fully saturated rings. The van der Waals surface area contributed by atoms with Gasteiger partial charge in [0, 0.05) is 48.7 Å². The van der Waals surface area contributed by atoms with Gasteiger partial charge >= 0.3 is 6.09 Å². The van der Waals surface area contributed by atoms with Gasteiger partial charge in [-0.1, -0.05) is 0 Å². The van der Waals surface area contributed by atoms with Crippen molar-refractivity contribution in [1.29, 1.82) is 0 Å². The number of hydrogen-bond acceptors (Lipinski definition) is 5. The zero-order valence-corrected chi connectivity index (χ0v) is 16.7. The molecule has 2 aromatic rings. The highest BCUT2D eigenvalue weighted by Gasteiger charge is 2.33. The standard InChI is InChI=1S/C21H28N4O3/c1-21(2,3)28-20(27)25-10-7-14(8-11-25)24-16-6-9-22-19-17(16)15(12-23-19)18(26)13-4-5-13/h6,9,12-14H,4-5,7-8,10-11H2,1-3H3,(H2,22,23,24). The lowest BCUT2D eigenvalue weighted by molar-refractivity contribution is 0.0210. The summed E-state index contributed by atoms with van der Waals surface area (Å²) in [5.41, 5.74) is 1.93. The number of hydrogen-bond donors (Lipinski definition) is 2. The molecule has 1 aliphatic carbocycles. The van der Waals surface area contributed by atoms with Crippen LogP contribution in [0.3, 0.4) is 0 Å². The van der Waals surface area contributed by atoms with Gasteiger partial charge in [-0.3, -0.25) is 4.79 Å². The minimum Gasteiger partial charge on any atom is -0.444 e. The van der Waals surface area contributed by atoms with Gasteiger partial charge in [-0.15, -0.1) is 0 Å². The third kappa shape index (κ3) is 3.98. The number of aromatic amines is 1. The third-order valence-corrected chi connectivity index (χ3v) is 5.29. The molecule has 150 valence electrons. The summed E-state index contributed by atoms with van der Waals surface area (Å²) >= 11 is 0. The van der Waals surface area contributed by atoms with Gasteiger partial charge < -0.3 is 19.9 Å². The van der Waals surface area contributed by atoms with Gasteiger partial charge in [0.05, 0.1) is 5.39 Å². The van der Waals surface area contributed by atoms with Crippen molar-refractivity contribution < 1.29 is 14.3 Å². The number of nitrogens with one attached hydrogen (secondary N) is 2. The number of Topliss-reactive ketones (excluding diaryl/α,β-unsaturated/α-hetero) is 1. The van der Waals surface area contributed by atoms with Gasteiger partial charge in [0.15, 0.2) is 5.78 Å². The Morgan fingerprint density at radius 1 is 1.21 bits per heavy atom. The van der Waals surface area contributed by atoms with E-state index in [-0.39, 0.29) is 23.8 Å². The molecule has 28 heavy (non-hydrogen) atoms. The molecule has 4 rings (SSSR count). The van der Waals surface area contributed by atoms with Crippen LogP contribution in [0.1, 0.15) is 56.8 Å². The van der Waals surface area contributed by atoms with Gasteiger partial charge in [-0.05, 0) is 52.5 Å². The molecule has 1 aliphatic heterocycles. The maximum Gasteiger partial charge on any atom is 0.410 e. The Kier molecular flexibility index (Phi) is 4.77. The minimum atomic E-state index is -0.479. The number of amides is 1. The molecule has 0 radical (unpaired) electrons. The molecule has 0 bridgehead atoms. The predicted molar refractivity (Wildman–Crippen MR) is 108 cm³/mol. The zero-order valence-electron chi connectivity index (χ0n) is 16.7. The second-order valence-corrected chi connectivity index (χ2v) is 8.81. The number of ketones is 1. The summed E-state index contributed by atoms with van der Waals surface area (Å²) in [6.07, 6.45) is 6.92. The molecule has 2 aliphatic rings. The first-order valence-electron chi connectivity index (χ1n) is 10.1. The number of aromatic nitrogens is 2. The summed E-state index contributed by atoms with van der Waals surface area (Å²) in [6, 6.07) is 2.17. The number of carbonyl (C=O) groups excluding carboxylic acids is 2. The van der Waals surface area contributed by atoms with Crippen LogP contribution in [0.4, 0.5) is 10.5 Å². The van der Waals surface area contributed by atoms with Crippen molar-refractivity contribution in [2.75, 3.05) is 18.4 Å². The molecule has 0 spiro atoms. The number of piperidine rings is 1. The lowest BCUT2D eigenvalue weighted by atomic mass is 10.0. The molecule has 3 heterocycles. The molecule has 1 saturated heterocycles. The molecule has 7 heteroatoms. The number of nitrogens with zero attached hydrogens (tertiary/aromatic N) is 2. The Bertz CT molecular complexity index is 887. The van der Waals surface area contributed by atoms with Crippen LogP contribution in [-0.4, -0.2) is 51.5 Å². The monoisotopic (exact) mass is 384 g/mol. The number of fused-ring (bicyclic) bond motifs is 1. The summed E-state index contributed by atoms with van der Waals surface area (Å²) in [5.74, 6) is 0.381. The van der Waals surface area contributed by atoms with Crippen molar-refractivity contribution in [1.82, 2.24) is 14.9 Å². The van der Waals surface area contributed by atoms with E-state index in [1.54, 1.807) is 17.3 Å². The van der Waals surface area contributed by atoms with E-state index in [9.17, 15) is 9.59 Å². The Balaban J connectivity index is 1.44. The maximum absolute atomic E-state index is 12.6. The fourth-order valence-electron chi connectivity index (χ4n) is 3.69. The average Bonchev–Trinajstić information content (AvgIpc) is 3.39. The van der Waals surface area contributed by atoms with Crippen LogP contribution in [0.2, 0.25) is 0 Å². The largest absolute Gasteiger partial charge is 0.444 e. The smallest absolute Gasteiger partial charge is 0.410 e. The van der Waals surface area contributed by atoms with Crippen LogP contribution < -0.4 is 5.32 Å². The molecule has 0 unspecified atom stereocenters. The first kappa shape index (κ1) is 18.8. The quantitative estimate of drug-likeness (QED) is 0.779. The lowest BCUT2D eigenvalue weighted by Gasteiger charge is -2.34. The van der Waals surface area contributed by atoms with Gasteiger partial charge in [0.25, 0.3) is 0 Å². The third-order valence-electron chi connectivity index (χ3n) is 5.29. The van der Waals surface area contributed by atoms with E-state index in [1.807, 2.05) is 26.8 Å². The second-order valence-electron chi connectivity index (χ2n) is 8.81. The van der Waals surface area contributed by atoms with E-state index < -0.39 is 5.60 Å². The first-order valence-corrected chi connectivity index (χ1v) is 10.1. The van der Waals surface area contributed by atoms with E-state index in [0.717, 1.165) is 48.0 Å². The van der Waals surface area contributed by atoms with Gasteiger partial charge in [0.2, 0.25) is 0 Å². The number of ether oxygens (including phenoxy) is 1. The molecule has 7 nitrogen and oxygen atoms in total. The van der Waals surface area contributed by atoms with E-state index >= 15 is 0 Å². The van der Waals surface area contributed by atoms with Crippen molar-refractivity contribution in [3.8, 4) is 0 Å². The predicted octanol–water partition coefficient (Wildman–Crippen LogP) is 3.97. The average molecular weight is 384 g/mol. The summed E-state index contributed by atoms with van der Waals surface area (Å²) in [4.78, 5) is 34.1. The van der Waals surface area contributed by atoms with Crippen molar-refractivity contribution in [2.45, 2.75) is 58.1 Å². The molecule has 2 aromatic heterocycles. The lowest BCUT2D eigenvalue weighted by Crippen LogP contribution is -2.44. The summed E-state index contributed by atoms with van der Waals surface area (Å²) < 4.78 is 5.47. The Labute approximate surface area is 164 Å². The van der Waals surface area contributed by atoms with E-state index in [2.05, 4.69) is 15.3 Å². The van der Waals surface area contributed by atoms with E-state index in [0.29, 0.717) is 13.1 Å². The summed E-state index contributed by atoms with van der Waals surface area (Å²) in [5, 5.41) is 4.46. The highest BCUT2D eigenvalue weighted by Crippen LogP contribution is 2.36. The van der Waals surface area contributed by atoms with Crippen LogP contribution in [0.25, 0.3) is 11.0 Å². The van der Waals surface area contributed by atoms with Crippen LogP contribution in [0.5, 0.6) is 0 Å². The van der Waals surface area contributed by atoms with Gasteiger partial charge in [0.1, 0.15) is 11.2 Å². The molecular weight excluding hydrogens is 356 g/mol. The Morgan fingerprint density at radius 2 is 1.93 bits per heavy atom. The van der Waals surface area contributed by atoms with Gasteiger partial charge in [-0.2, -0.15) is 0 Å². The summed E-state index contributed by atoms with van der Waals surface area (Å²) in [6.45, 7) is 6.95. The number of H-pyrrole nitrogens is 1. The number of likely N-dealkylation sites (tertiary alicyclic amines) is 1. The highest BCUT2D eigenvalue weighted by molar-refractivity contribution is 6.12. The van der Waals surface area contributed by atoms with Crippen molar-refractivity contribution in [3.05, 3.63) is 24.0 Å². The van der Waals surface area contributed by atoms with Gasteiger partial charge in [-0.25, -0.2) is 9.78 Å². The first-order chi connectivity index (χ1) is 13.3. The number of rotatable bonds is 4. The van der Waals surface area contributed by atoms with Crippen LogP contribution >= 0.6 is 0 Å². The molecule has 2 N–H and O–H groups in total. The van der Waals surface area contributed by atoms with Crippen molar-refractivity contribution in [2.24, 2.45) is 5.92 Å². The van der Waals surface area contributed by atoms with Crippen LogP contribution in [0.15, 0.2) is 18.5 Å². The van der Waals surface area contributed by atoms with Crippen molar-refractivity contribution in [3.63, 3.8) is 0 Å². The minimum absolute atomic E-state index is 0.170. The normalized spacial score (nSPS) is 18.3. The Hall–Kier alpha value is -2.57. The molecule has 1 amide bonds. The maximum atomic E-state index is 12.6. The highest BCUT2D eigenvalue weighted by atomic mass is 16.6. The number of pyridine rings is 1. The SMILES string of the molecule is CC(C)(C)OC(=O)N1CCC(Nc2ccnc3[nH]cc(C(=O)C4CC4)c23)CC1. The summed E-state index contributed by atoms with van der Waals surface area (Å²) in [7, 11) is 0. The zero-order chi connectivity index (χ0) is 19.9. The number of anilines is 1. The fourth-order valence-corrected chi connectivity index (χ4v) is 3.69. The molecular formula is C21H28N4O3. The topological polar surface area (TPSA) is 87.3 Å². The molecule has 0 aromatic carbocycles. The fraction of sp³-hybridized carbons (Fsp3) is 0.571. The molecule has 0 atom stereocenters. The second kappa shape index (κ2) is 7.11. The van der Waals surface area contributed by atoms with E-state index in [4.69, 9.17) is 4.74 Å². The molecule has 1 saturated carbocycles. The Morgan fingerprint density at radius 3 is 2.57 bits per heavy atom. The van der Waals surface area contributed by atoms with E-state index in [1.165, 1.54) is 0 Å².